The lowest BCUT2D eigenvalue weighted by atomic mass is 9.93. The third kappa shape index (κ3) is 5.09. The van der Waals surface area contributed by atoms with E-state index in [1.807, 2.05) is 66.7 Å². The second-order valence-corrected chi connectivity index (χ2v) is 16.2. The third-order valence-electron chi connectivity index (χ3n) is 12.7. The number of rotatable bonds is 4. The van der Waals surface area contributed by atoms with Gasteiger partial charge >= 0.3 is 0 Å². The van der Waals surface area contributed by atoms with Crippen LogP contribution in [0, 0.1) is 0 Å². The molecular formula is C57H31N3O3. The molecule has 0 saturated carbocycles. The Hall–Kier alpha value is -8.61. The molecule has 6 nitrogen and oxygen atoms in total. The molecule has 10 aromatic carbocycles. The average Bonchev–Trinajstić information content (AvgIpc) is 4.05. The Bertz CT molecular complexity index is 4200. The topological polar surface area (TPSA) is 78.1 Å². The van der Waals surface area contributed by atoms with Crippen LogP contribution >= 0.6 is 0 Å². The number of furan rings is 3. The van der Waals surface area contributed by atoms with Gasteiger partial charge in [0.2, 0.25) is 0 Å². The molecule has 14 aromatic rings. The van der Waals surface area contributed by atoms with Crippen molar-refractivity contribution in [3.05, 3.63) is 188 Å². The number of hydrogen-bond acceptors (Lipinski definition) is 6. The van der Waals surface area contributed by atoms with Crippen molar-refractivity contribution in [2.75, 3.05) is 0 Å². The third-order valence-corrected chi connectivity index (χ3v) is 12.7. The van der Waals surface area contributed by atoms with Gasteiger partial charge in [-0.15, -0.1) is 0 Å². The quantitative estimate of drug-likeness (QED) is 0.165. The zero-order chi connectivity index (χ0) is 41.2. The summed E-state index contributed by atoms with van der Waals surface area (Å²) in [6.07, 6.45) is 0. The Balaban J connectivity index is 0.980. The molecule has 0 N–H and O–H groups in total. The summed E-state index contributed by atoms with van der Waals surface area (Å²) in [5.41, 5.74) is 9.65. The number of nitrogens with zero attached hydrogens (tertiary/aromatic N) is 3. The van der Waals surface area contributed by atoms with E-state index < -0.39 is 0 Å². The zero-order valence-electron chi connectivity index (χ0n) is 33.5. The monoisotopic (exact) mass is 805 g/mol. The second kappa shape index (κ2) is 12.9. The SMILES string of the molecule is c1ccc2c(c1)oc1ccc(-c3cccc4c3oc3ccc(-c5nc(-c6ccc7c8ccccc8c8ccccc8c7c6)nc(-c6cccc7oc8ccccc8c67)n5)cc34)cc12. The highest BCUT2D eigenvalue weighted by atomic mass is 16.3. The average molecular weight is 806 g/mol. The molecule has 0 amide bonds. The summed E-state index contributed by atoms with van der Waals surface area (Å²) < 4.78 is 19.2. The van der Waals surface area contributed by atoms with Crippen LogP contribution in [-0.2, 0) is 0 Å². The van der Waals surface area contributed by atoms with E-state index in [4.69, 9.17) is 28.2 Å². The van der Waals surface area contributed by atoms with Gasteiger partial charge in [-0.3, -0.25) is 0 Å². The van der Waals surface area contributed by atoms with Crippen molar-refractivity contribution in [1.82, 2.24) is 15.0 Å². The van der Waals surface area contributed by atoms with Crippen LogP contribution in [-0.4, -0.2) is 15.0 Å². The van der Waals surface area contributed by atoms with Crippen molar-refractivity contribution < 1.29 is 13.3 Å². The van der Waals surface area contributed by atoms with Gasteiger partial charge in [-0.2, -0.15) is 0 Å². The molecule has 6 heteroatoms. The molecule has 0 aliphatic rings. The maximum absolute atomic E-state index is 6.70. The van der Waals surface area contributed by atoms with Gasteiger partial charge in [0.15, 0.2) is 17.5 Å². The summed E-state index contributed by atoms with van der Waals surface area (Å²) in [6.45, 7) is 0. The Morgan fingerprint density at radius 3 is 1.44 bits per heavy atom. The predicted molar refractivity (Wildman–Crippen MR) is 256 cm³/mol. The second-order valence-electron chi connectivity index (χ2n) is 16.2. The molecule has 0 atom stereocenters. The first-order chi connectivity index (χ1) is 31.2. The maximum Gasteiger partial charge on any atom is 0.164 e. The summed E-state index contributed by atoms with van der Waals surface area (Å²) >= 11 is 0. The van der Waals surface area contributed by atoms with Gasteiger partial charge in [0.05, 0.1) is 0 Å². The number of fused-ring (bicyclic) bond motifs is 15. The van der Waals surface area contributed by atoms with E-state index >= 15 is 0 Å². The minimum absolute atomic E-state index is 0.563. The number of benzene rings is 10. The van der Waals surface area contributed by atoms with Crippen molar-refractivity contribution in [3.63, 3.8) is 0 Å². The summed E-state index contributed by atoms with van der Waals surface area (Å²) in [7, 11) is 0. The fraction of sp³-hybridized carbons (Fsp3) is 0. The van der Waals surface area contributed by atoms with Gasteiger partial charge in [0.1, 0.15) is 33.5 Å². The van der Waals surface area contributed by atoms with Crippen LogP contribution < -0.4 is 0 Å². The van der Waals surface area contributed by atoms with Gasteiger partial charge in [0, 0.05) is 54.6 Å². The van der Waals surface area contributed by atoms with E-state index in [-0.39, 0.29) is 0 Å². The van der Waals surface area contributed by atoms with Gasteiger partial charge in [-0.05, 0) is 92.5 Å². The van der Waals surface area contributed by atoms with Crippen molar-refractivity contribution >= 4 is 98.1 Å². The minimum Gasteiger partial charge on any atom is -0.456 e. The van der Waals surface area contributed by atoms with Gasteiger partial charge in [-0.1, -0.05) is 133 Å². The summed E-state index contributed by atoms with van der Waals surface area (Å²) in [5.74, 6) is 1.71. The van der Waals surface area contributed by atoms with E-state index in [0.717, 1.165) is 99.0 Å². The number of aromatic nitrogens is 3. The maximum atomic E-state index is 6.70. The lowest BCUT2D eigenvalue weighted by molar-refractivity contribution is 0.668. The fourth-order valence-electron chi connectivity index (χ4n) is 9.82. The highest BCUT2D eigenvalue weighted by Gasteiger charge is 2.21. The first kappa shape index (κ1) is 34.1. The van der Waals surface area contributed by atoms with Crippen LogP contribution in [0.15, 0.2) is 201 Å². The molecule has 0 radical (unpaired) electrons. The minimum atomic E-state index is 0.563. The number of para-hydroxylation sites is 3. The van der Waals surface area contributed by atoms with Crippen molar-refractivity contribution in [3.8, 4) is 45.3 Å². The van der Waals surface area contributed by atoms with Crippen LogP contribution in [0.4, 0.5) is 0 Å². The molecule has 63 heavy (non-hydrogen) atoms. The van der Waals surface area contributed by atoms with Gasteiger partial charge < -0.3 is 13.3 Å². The molecule has 0 bridgehead atoms. The molecule has 0 saturated heterocycles. The molecule has 0 unspecified atom stereocenters. The Kier molecular flexibility index (Phi) is 7.02. The van der Waals surface area contributed by atoms with Crippen LogP contribution in [0.25, 0.3) is 143 Å². The Morgan fingerprint density at radius 2 is 0.698 bits per heavy atom. The van der Waals surface area contributed by atoms with Crippen LogP contribution in [0.5, 0.6) is 0 Å². The summed E-state index contributed by atoms with van der Waals surface area (Å²) in [6, 6.07) is 65.1. The van der Waals surface area contributed by atoms with Crippen LogP contribution in [0.3, 0.4) is 0 Å². The largest absolute Gasteiger partial charge is 0.456 e. The molecule has 292 valence electrons. The number of hydrogen-bond donors (Lipinski definition) is 0. The standard InChI is InChI=1S/C57H31N3O3/c1-2-13-38-36(11-1)37-12-3-4-14-39(37)45-30-33(23-26-40(38)45)55-58-56(60-57(59-55)44-19-10-22-52-53(44)43-16-6-8-21-49(43)62-52)34-25-28-51-47(31-34)42-18-9-17-35(54(42)63-51)32-24-27-50-46(29-32)41-15-5-7-20-48(41)61-50/h1-31H. The van der Waals surface area contributed by atoms with E-state index in [0.29, 0.717) is 17.5 Å². The Labute approximate surface area is 358 Å². The molecule has 0 spiro atoms. The summed E-state index contributed by atoms with van der Waals surface area (Å²) in [5, 5.41) is 13.3. The fourth-order valence-corrected chi connectivity index (χ4v) is 9.82. The van der Waals surface area contributed by atoms with Gasteiger partial charge in [-0.25, -0.2) is 15.0 Å². The van der Waals surface area contributed by atoms with Gasteiger partial charge in [0.25, 0.3) is 0 Å². The van der Waals surface area contributed by atoms with Crippen LogP contribution in [0.2, 0.25) is 0 Å². The zero-order valence-corrected chi connectivity index (χ0v) is 33.5. The lowest BCUT2D eigenvalue weighted by Crippen LogP contribution is -2.00. The highest BCUT2D eigenvalue weighted by molar-refractivity contribution is 6.26. The highest BCUT2D eigenvalue weighted by Crippen LogP contribution is 2.42. The molecule has 0 aliphatic carbocycles. The molecule has 0 aliphatic heterocycles. The van der Waals surface area contributed by atoms with E-state index in [9.17, 15) is 0 Å². The first-order valence-corrected chi connectivity index (χ1v) is 21.1. The Morgan fingerprint density at radius 1 is 0.254 bits per heavy atom. The predicted octanol–water partition coefficient (Wildman–Crippen LogP) is 15.7. The lowest BCUT2D eigenvalue weighted by Gasteiger charge is -2.13. The molecule has 0 fully saturated rings. The summed E-state index contributed by atoms with van der Waals surface area (Å²) in [4.78, 5) is 15.8. The van der Waals surface area contributed by atoms with E-state index in [2.05, 4.69) is 121 Å². The molecule has 14 rings (SSSR count). The van der Waals surface area contributed by atoms with Crippen LogP contribution in [0.1, 0.15) is 0 Å². The first-order valence-electron chi connectivity index (χ1n) is 21.1. The van der Waals surface area contributed by atoms with E-state index in [1.165, 1.54) is 26.9 Å². The van der Waals surface area contributed by atoms with Crippen molar-refractivity contribution in [1.29, 1.82) is 0 Å². The molecule has 4 aromatic heterocycles. The van der Waals surface area contributed by atoms with E-state index in [1.54, 1.807) is 0 Å². The normalized spacial score (nSPS) is 12.1. The molecule has 4 heterocycles. The molecular weight excluding hydrogens is 775 g/mol. The smallest absolute Gasteiger partial charge is 0.164 e. The van der Waals surface area contributed by atoms with Crippen molar-refractivity contribution in [2.45, 2.75) is 0 Å². The van der Waals surface area contributed by atoms with Crippen molar-refractivity contribution in [2.24, 2.45) is 0 Å².